The number of likely N-dealkylation sites (N-methyl/N-ethyl adjacent to an activating group) is 1. The van der Waals surface area contributed by atoms with Crippen molar-refractivity contribution in [3.05, 3.63) is 29.8 Å². The Kier molecular flexibility index (Phi) is 6.83. The molecule has 1 aliphatic heterocycles. The lowest BCUT2D eigenvalue weighted by Gasteiger charge is -2.28. The number of ether oxygens (including phenoxy) is 2. The normalized spacial score (nSPS) is 17.0. The van der Waals surface area contributed by atoms with Gasteiger partial charge in [-0.3, -0.25) is 9.69 Å². The summed E-state index contributed by atoms with van der Waals surface area (Å²) in [6.07, 6.45) is 1.72. The molecule has 1 aromatic carbocycles. The monoisotopic (exact) mass is 322 g/mol. The van der Waals surface area contributed by atoms with Crippen molar-refractivity contribution in [1.29, 1.82) is 0 Å². The first-order chi connectivity index (χ1) is 11.1. The fourth-order valence-electron chi connectivity index (χ4n) is 2.78. The van der Waals surface area contributed by atoms with Crippen molar-refractivity contribution in [3.63, 3.8) is 0 Å². The number of hydrogen-bond donors (Lipinski definition) is 2. The third-order valence-corrected chi connectivity index (χ3v) is 4.18. The van der Waals surface area contributed by atoms with Crippen molar-refractivity contribution in [1.82, 2.24) is 10.2 Å². The number of hydrogen-bond acceptors (Lipinski definition) is 5. The summed E-state index contributed by atoms with van der Waals surface area (Å²) in [6.45, 7) is 1.60. The van der Waals surface area contributed by atoms with E-state index in [4.69, 9.17) is 9.47 Å². The van der Waals surface area contributed by atoms with Gasteiger partial charge in [0.1, 0.15) is 5.75 Å². The van der Waals surface area contributed by atoms with Gasteiger partial charge < -0.3 is 19.9 Å². The van der Waals surface area contributed by atoms with Crippen LogP contribution in [0.4, 0.5) is 0 Å². The third-order valence-electron chi connectivity index (χ3n) is 4.18. The molecule has 0 unspecified atom stereocenters. The van der Waals surface area contributed by atoms with E-state index in [-0.39, 0.29) is 31.1 Å². The maximum atomic E-state index is 12.2. The molecule has 1 fully saturated rings. The second-order valence-electron chi connectivity index (χ2n) is 5.84. The number of benzene rings is 1. The predicted octanol–water partition coefficient (Wildman–Crippen LogP) is 0.956. The smallest absolute Gasteiger partial charge is 0.234 e. The molecule has 1 aromatic rings. The Bertz CT molecular complexity index is 486. The first-order valence-electron chi connectivity index (χ1n) is 7.96. The molecule has 1 atom stereocenters. The highest BCUT2D eigenvalue weighted by atomic mass is 16.5. The van der Waals surface area contributed by atoms with E-state index in [0.717, 1.165) is 24.2 Å². The van der Waals surface area contributed by atoms with E-state index in [2.05, 4.69) is 5.32 Å². The fourth-order valence-corrected chi connectivity index (χ4v) is 2.78. The highest BCUT2D eigenvalue weighted by molar-refractivity contribution is 5.78. The molecule has 2 N–H and O–H groups in total. The third kappa shape index (κ3) is 5.20. The van der Waals surface area contributed by atoms with E-state index in [0.29, 0.717) is 13.2 Å². The van der Waals surface area contributed by atoms with Gasteiger partial charge in [-0.15, -0.1) is 0 Å². The first-order valence-corrected chi connectivity index (χ1v) is 7.96. The topological polar surface area (TPSA) is 71.0 Å². The summed E-state index contributed by atoms with van der Waals surface area (Å²) >= 11 is 0. The largest absolute Gasteiger partial charge is 0.497 e. The number of carbonyl (C=O) groups is 1. The van der Waals surface area contributed by atoms with Gasteiger partial charge in [0.2, 0.25) is 5.91 Å². The molecular weight excluding hydrogens is 296 g/mol. The van der Waals surface area contributed by atoms with Crippen LogP contribution in [0.1, 0.15) is 24.4 Å². The molecule has 0 saturated carbocycles. The lowest BCUT2D eigenvalue weighted by atomic mass is 10.1. The molecule has 0 aliphatic carbocycles. The minimum atomic E-state index is -0.221. The molecule has 6 heteroatoms. The Hall–Kier alpha value is -1.63. The first kappa shape index (κ1) is 17.7. The summed E-state index contributed by atoms with van der Waals surface area (Å²) in [5.41, 5.74) is 0.953. The summed E-state index contributed by atoms with van der Waals surface area (Å²) in [5.74, 6) is 0.747. The van der Waals surface area contributed by atoms with Gasteiger partial charge in [-0.1, -0.05) is 12.1 Å². The highest BCUT2D eigenvalue weighted by Gasteiger charge is 2.21. The fraction of sp³-hybridized carbons (Fsp3) is 0.588. The Labute approximate surface area is 137 Å². The van der Waals surface area contributed by atoms with Crippen molar-refractivity contribution in [2.24, 2.45) is 0 Å². The highest BCUT2D eigenvalue weighted by Crippen LogP contribution is 2.21. The Morgan fingerprint density at radius 1 is 1.39 bits per heavy atom. The van der Waals surface area contributed by atoms with Crippen LogP contribution in [-0.2, 0) is 9.53 Å². The summed E-state index contributed by atoms with van der Waals surface area (Å²) < 4.78 is 10.4. The maximum Gasteiger partial charge on any atom is 0.234 e. The van der Waals surface area contributed by atoms with Crippen LogP contribution < -0.4 is 10.1 Å². The standard InChI is InChI=1S/C17H26N2O4/c1-19(11-17(21)18-14-7-9-23-10-8-14)16(12-20)13-3-5-15(22-2)6-4-13/h3-6,14,16,20H,7-12H2,1-2H3,(H,18,21)/t16-/m0/s1. The number of nitrogens with zero attached hydrogens (tertiary/aromatic N) is 1. The van der Waals surface area contributed by atoms with Crippen LogP contribution in [0.2, 0.25) is 0 Å². The average Bonchev–Trinajstić information content (AvgIpc) is 2.57. The van der Waals surface area contributed by atoms with Gasteiger partial charge in [0, 0.05) is 19.3 Å². The number of aliphatic hydroxyl groups is 1. The number of methoxy groups -OCH3 is 1. The van der Waals surface area contributed by atoms with Gasteiger partial charge >= 0.3 is 0 Å². The zero-order valence-electron chi connectivity index (χ0n) is 13.8. The molecule has 1 heterocycles. The van der Waals surface area contributed by atoms with E-state index in [1.165, 1.54) is 0 Å². The molecule has 2 rings (SSSR count). The molecule has 0 radical (unpaired) electrons. The lowest BCUT2D eigenvalue weighted by molar-refractivity contribution is -0.123. The number of rotatable bonds is 7. The second kappa shape index (κ2) is 8.86. The average molecular weight is 322 g/mol. The minimum Gasteiger partial charge on any atom is -0.497 e. The van der Waals surface area contributed by atoms with Gasteiger partial charge in [0.05, 0.1) is 26.3 Å². The molecular formula is C17H26N2O4. The number of carbonyl (C=O) groups excluding carboxylic acids is 1. The molecule has 0 spiro atoms. The zero-order chi connectivity index (χ0) is 16.7. The van der Waals surface area contributed by atoms with Crippen molar-refractivity contribution < 1.29 is 19.4 Å². The molecule has 128 valence electrons. The lowest BCUT2D eigenvalue weighted by Crippen LogP contribution is -2.44. The van der Waals surface area contributed by atoms with Crippen LogP contribution in [0.25, 0.3) is 0 Å². The van der Waals surface area contributed by atoms with Gasteiger partial charge in [-0.05, 0) is 37.6 Å². The summed E-state index contributed by atoms with van der Waals surface area (Å²) in [4.78, 5) is 14.0. The van der Waals surface area contributed by atoms with Crippen LogP contribution in [0, 0.1) is 0 Å². The van der Waals surface area contributed by atoms with Crippen LogP contribution in [0.3, 0.4) is 0 Å². The number of nitrogens with one attached hydrogen (secondary N) is 1. The molecule has 0 bridgehead atoms. The van der Waals surface area contributed by atoms with Crippen molar-refractivity contribution >= 4 is 5.91 Å². The predicted molar refractivity (Wildman–Crippen MR) is 87.4 cm³/mol. The summed E-state index contributed by atoms with van der Waals surface area (Å²) in [5, 5.41) is 12.7. The SMILES string of the molecule is COc1ccc([C@H](CO)N(C)CC(=O)NC2CCOCC2)cc1. The summed E-state index contributed by atoms with van der Waals surface area (Å²) in [7, 11) is 3.46. The minimum absolute atomic E-state index is 0.0219. The number of amides is 1. The van der Waals surface area contributed by atoms with Crippen molar-refractivity contribution in [2.75, 3.05) is 40.5 Å². The molecule has 1 amide bonds. The van der Waals surface area contributed by atoms with Crippen LogP contribution in [0.15, 0.2) is 24.3 Å². The van der Waals surface area contributed by atoms with E-state index >= 15 is 0 Å². The van der Waals surface area contributed by atoms with Crippen molar-refractivity contribution in [3.8, 4) is 5.75 Å². The zero-order valence-corrected chi connectivity index (χ0v) is 13.8. The molecule has 0 aromatic heterocycles. The molecule has 1 saturated heterocycles. The maximum absolute atomic E-state index is 12.2. The molecule has 23 heavy (non-hydrogen) atoms. The summed E-state index contributed by atoms with van der Waals surface area (Å²) in [6, 6.07) is 7.50. The Balaban J connectivity index is 1.90. The van der Waals surface area contributed by atoms with E-state index in [1.54, 1.807) is 7.11 Å². The van der Waals surface area contributed by atoms with Gasteiger partial charge in [-0.2, -0.15) is 0 Å². The van der Waals surface area contributed by atoms with E-state index < -0.39 is 0 Å². The van der Waals surface area contributed by atoms with Crippen LogP contribution in [0.5, 0.6) is 5.75 Å². The van der Waals surface area contributed by atoms with Crippen LogP contribution in [-0.4, -0.2) is 62.5 Å². The molecule has 1 aliphatic rings. The van der Waals surface area contributed by atoms with Gasteiger partial charge in [0.15, 0.2) is 0 Å². The molecule has 6 nitrogen and oxygen atoms in total. The van der Waals surface area contributed by atoms with Crippen LogP contribution >= 0.6 is 0 Å². The van der Waals surface area contributed by atoms with E-state index in [1.807, 2.05) is 36.2 Å². The Morgan fingerprint density at radius 2 is 2.04 bits per heavy atom. The quantitative estimate of drug-likeness (QED) is 0.782. The van der Waals surface area contributed by atoms with Crippen molar-refractivity contribution in [2.45, 2.75) is 24.9 Å². The second-order valence-corrected chi connectivity index (χ2v) is 5.84. The van der Waals surface area contributed by atoms with Gasteiger partial charge in [-0.25, -0.2) is 0 Å². The number of aliphatic hydroxyl groups excluding tert-OH is 1. The van der Waals surface area contributed by atoms with Gasteiger partial charge in [0.25, 0.3) is 0 Å². The van der Waals surface area contributed by atoms with E-state index in [9.17, 15) is 9.90 Å². The Morgan fingerprint density at radius 3 is 2.61 bits per heavy atom.